The van der Waals surface area contributed by atoms with Gasteiger partial charge >= 0.3 is 6.03 Å². The van der Waals surface area contributed by atoms with Crippen LogP contribution in [0.4, 0.5) is 10.5 Å². The van der Waals surface area contributed by atoms with E-state index in [-0.39, 0.29) is 12.1 Å². The molecular weight excluding hydrogens is 260 g/mol. The van der Waals surface area contributed by atoms with Crippen LogP contribution in [0.5, 0.6) is 0 Å². The minimum atomic E-state index is -0.337. The lowest BCUT2D eigenvalue weighted by Gasteiger charge is -2.15. The molecule has 7 nitrogen and oxygen atoms in total. The van der Waals surface area contributed by atoms with Crippen LogP contribution in [0.25, 0.3) is 0 Å². The van der Waals surface area contributed by atoms with Crippen LogP contribution in [0.3, 0.4) is 0 Å². The SMILES string of the molecule is CCn1cc(NC(=O)N[C@H](COC)c2ccco2)cn1. The third-order valence-electron chi connectivity index (χ3n) is 2.74. The Balaban J connectivity index is 1.94. The number of anilines is 1. The van der Waals surface area contributed by atoms with Gasteiger partial charge in [-0.25, -0.2) is 4.79 Å². The first kappa shape index (κ1) is 14.1. The number of aryl methyl sites for hydroxylation is 1. The zero-order chi connectivity index (χ0) is 14.4. The molecule has 2 aromatic rings. The van der Waals surface area contributed by atoms with Crippen LogP contribution in [-0.4, -0.2) is 29.5 Å². The highest BCUT2D eigenvalue weighted by Gasteiger charge is 2.17. The van der Waals surface area contributed by atoms with Gasteiger partial charge < -0.3 is 19.8 Å². The lowest BCUT2D eigenvalue weighted by molar-refractivity contribution is 0.159. The molecule has 0 aliphatic rings. The fourth-order valence-electron chi connectivity index (χ4n) is 1.78. The van der Waals surface area contributed by atoms with Crippen molar-refractivity contribution in [3.8, 4) is 0 Å². The summed E-state index contributed by atoms with van der Waals surface area (Å²) in [6.45, 7) is 3.06. The van der Waals surface area contributed by atoms with Crippen molar-refractivity contribution in [2.24, 2.45) is 0 Å². The average molecular weight is 278 g/mol. The molecule has 0 saturated carbocycles. The van der Waals surface area contributed by atoms with Crippen molar-refractivity contribution in [1.29, 1.82) is 0 Å². The van der Waals surface area contributed by atoms with E-state index in [1.807, 2.05) is 6.92 Å². The predicted molar refractivity (Wildman–Crippen MR) is 73.4 cm³/mol. The largest absolute Gasteiger partial charge is 0.467 e. The molecule has 0 saturated heterocycles. The Morgan fingerprint density at radius 3 is 3.05 bits per heavy atom. The number of rotatable bonds is 6. The maximum Gasteiger partial charge on any atom is 0.320 e. The molecule has 0 aliphatic heterocycles. The molecule has 2 rings (SSSR count). The zero-order valence-electron chi connectivity index (χ0n) is 11.5. The van der Waals surface area contributed by atoms with Gasteiger partial charge in [-0.2, -0.15) is 5.10 Å². The number of aromatic nitrogens is 2. The number of carbonyl (C=O) groups excluding carboxylic acids is 1. The Morgan fingerprint density at radius 1 is 1.60 bits per heavy atom. The summed E-state index contributed by atoms with van der Waals surface area (Å²) >= 11 is 0. The number of nitrogens with one attached hydrogen (secondary N) is 2. The average Bonchev–Trinajstić information content (AvgIpc) is 3.09. The first-order valence-electron chi connectivity index (χ1n) is 6.35. The second kappa shape index (κ2) is 6.76. The van der Waals surface area contributed by atoms with E-state index in [0.29, 0.717) is 18.1 Å². The Kier molecular flexibility index (Phi) is 4.78. The third kappa shape index (κ3) is 3.61. The van der Waals surface area contributed by atoms with Crippen LogP contribution in [0.2, 0.25) is 0 Å². The maximum atomic E-state index is 11.9. The number of nitrogens with zero attached hydrogens (tertiary/aromatic N) is 2. The molecule has 2 heterocycles. The molecule has 0 aliphatic carbocycles. The van der Waals surface area contributed by atoms with Crippen LogP contribution < -0.4 is 10.6 Å². The van der Waals surface area contributed by atoms with Crippen LogP contribution in [0.15, 0.2) is 35.2 Å². The minimum Gasteiger partial charge on any atom is -0.467 e. The number of ether oxygens (including phenoxy) is 1. The molecule has 2 amide bonds. The van der Waals surface area contributed by atoms with Gasteiger partial charge in [0, 0.05) is 19.9 Å². The number of hydrogen-bond acceptors (Lipinski definition) is 4. The Bertz CT molecular complexity index is 536. The predicted octanol–water partition coefficient (Wildman–Crippen LogP) is 2.01. The second-order valence-corrected chi connectivity index (χ2v) is 4.21. The standard InChI is InChI=1S/C13H18N4O3/c1-3-17-8-10(7-14-17)15-13(18)16-11(9-19-2)12-5-4-6-20-12/h4-8,11H,3,9H2,1-2H3,(H2,15,16,18)/t11-/m1/s1. The van der Waals surface area contributed by atoms with Gasteiger partial charge in [0.15, 0.2) is 0 Å². The quantitative estimate of drug-likeness (QED) is 0.846. The molecule has 2 N–H and O–H groups in total. The van der Waals surface area contributed by atoms with E-state index < -0.39 is 0 Å². The van der Waals surface area contributed by atoms with Gasteiger partial charge in [0.1, 0.15) is 11.8 Å². The van der Waals surface area contributed by atoms with Gasteiger partial charge in [-0.05, 0) is 19.1 Å². The van der Waals surface area contributed by atoms with Gasteiger partial charge in [-0.3, -0.25) is 4.68 Å². The van der Waals surface area contributed by atoms with Crippen molar-refractivity contribution in [2.45, 2.75) is 19.5 Å². The van der Waals surface area contributed by atoms with Crippen molar-refractivity contribution in [3.05, 3.63) is 36.5 Å². The van der Waals surface area contributed by atoms with Gasteiger partial charge in [0.25, 0.3) is 0 Å². The number of amides is 2. The molecule has 0 fully saturated rings. The first-order chi connectivity index (χ1) is 9.72. The maximum absolute atomic E-state index is 11.9. The highest BCUT2D eigenvalue weighted by atomic mass is 16.5. The Labute approximate surface area is 116 Å². The van der Waals surface area contributed by atoms with E-state index in [2.05, 4.69) is 15.7 Å². The molecule has 108 valence electrons. The number of furan rings is 1. The summed E-state index contributed by atoms with van der Waals surface area (Å²) < 4.78 is 12.1. The number of hydrogen-bond donors (Lipinski definition) is 2. The molecule has 0 spiro atoms. The van der Waals surface area contributed by atoms with Crippen molar-refractivity contribution in [1.82, 2.24) is 15.1 Å². The molecule has 7 heteroatoms. The van der Waals surface area contributed by atoms with Gasteiger partial charge in [0.05, 0.1) is 24.8 Å². The fourth-order valence-corrected chi connectivity index (χ4v) is 1.78. The van der Waals surface area contributed by atoms with E-state index >= 15 is 0 Å². The summed E-state index contributed by atoms with van der Waals surface area (Å²) in [6, 6.07) is 2.89. The lowest BCUT2D eigenvalue weighted by atomic mass is 10.2. The molecule has 2 aromatic heterocycles. The van der Waals surface area contributed by atoms with Crippen LogP contribution in [-0.2, 0) is 11.3 Å². The summed E-state index contributed by atoms with van der Waals surface area (Å²) in [4.78, 5) is 11.9. The van der Waals surface area contributed by atoms with Crippen LogP contribution >= 0.6 is 0 Å². The van der Waals surface area contributed by atoms with E-state index in [1.165, 1.54) is 0 Å². The van der Waals surface area contributed by atoms with Crippen molar-refractivity contribution >= 4 is 11.7 Å². The summed E-state index contributed by atoms with van der Waals surface area (Å²) in [5.41, 5.74) is 0.639. The number of methoxy groups -OCH3 is 1. The van der Waals surface area contributed by atoms with Gasteiger partial charge in [0.2, 0.25) is 0 Å². The summed E-state index contributed by atoms with van der Waals surface area (Å²) in [5, 5.41) is 9.59. The summed E-state index contributed by atoms with van der Waals surface area (Å²) in [7, 11) is 1.57. The topological polar surface area (TPSA) is 81.3 Å². The molecule has 0 unspecified atom stereocenters. The monoisotopic (exact) mass is 278 g/mol. The minimum absolute atomic E-state index is 0.329. The Morgan fingerprint density at radius 2 is 2.45 bits per heavy atom. The fraction of sp³-hybridized carbons (Fsp3) is 0.385. The highest BCUT2D eigenvalue weighted by Crippen LogP contribution is 2.14. The van der Waals surface area contributed by atoms with Crippen molar-refractivity contribution in [2.75, 3.05) is 19.0 Å². The molecule has 20 heavy (non-hydrogen) atoms. The van der Waals surface area contributed by atoms with Crippen LogP contribution in [0.1, 0.15) is 18.7 Å². The number of urea groups is 1. The lowest BCUT2D eigenvalue weighted by Crippen LogP contribution is -2.34. The number of carbonyl (C=O) groups is 1. The van der Waals surface area contributed by atoms with Gasteiger partial charge in [-0.15, -0.1) is 0 Å². The second-order valence-electron chi connectivity index (χ2n) is 4.21. The van der Waals surface area contributed by atoms with Crippen molar-refractivity contribution in [3.63, 3.8) is 0 Å². The van der Waals surface area contributed by atoms with Crippen LogP contribution in [0, 0.1) is 0 Å². The van der Waals surface area contributed by atoms with Gasteiger partial charge in [-0.1, -0.05) is 0 Å². The molecule has 0 bridgehead atoms. The molecule has 0 radical (unpaired) electrons. The molecule has 1 atom stereocenters. The van der Waals surface area contributed by atoms with E-state index in [9.17, 15) is 4.79 Å². The summed E-state index contributed by atoms with van der Waals surface area (Å²) in [6.07, 6.45) is 4.92. The first-order valence-corrected chi connectivity index (χ1v) is 6.35. The Hall–Kier alpha value is -2.28. The highest BCUT2D eigenvalue weighted by molar-refractivity contribution is 5.89. The smallest absolute Gasteiger partial charge is 0.320 e. The third-order valence-corrected chi connectivity index (χ3v) is 2.74. The molecule has 0 aromatic carbocycles. The summed E-state index contributed by atoms with van der Waals surface area (Å²) in [5.74, 6) is 0.645. The zero-order valence-corrected chi connectivity index (χ0v) is 11.5. The van der Waals surface area contributed by atoms with E-state index in [0.717, 1.165) is 6.54 Å². The normalized spacial score (nSPS) is 12.1. The van der Waals surface area contributed by atoms with E-state index in [1.54, 1.807) is 42.6 Å². The molecular formula is C13H18N4O3. The van der Waals surface area contributed by atoms with Crippen molar-refractivity contribution < 1.29 is 13.9 Å². The van der Waals surface area contributed by atoms with E-state index in [4.69, 9.17) is 9.15 Å².